The molecule has 1 aromatic carbocycles. The van der Waals surface area contributed by atoms with Gasteiger partial charge in [-0.3, -0.25) is 4.42 Å². The van der Waals surface area contributed by atoms with Gasteiger partial charge in [0.2, 0.25) is 7.94 Å². The van der Waals surface area contributed by atoms with Crippen LogP contribution < -0.4 is 4.89 Å². The highest BCUT2D eigenvalue weighted by molar-refractivity contribution is 7.61. The first-order valence-corrected chi connectivity index (χ1v) is 7.53. The smallest absolute Gasteiger partial charge is 0.337 e. The number of hydrogen-bond donors (Lipinski definition) is 0. The summed E-state index contributed by atoms with van der Waals surface area (Å²) in [5.41, 5.74) is 0.531. The minimum atomic E-state index is -3.36. The van der Waals surface area contributed by atoms with Crippen LogP contribution in [-0.2, 0) is 13.5 Å². The molecular weight excluding hydrogens is 275 g/mol. The lowest BCUT2D eigenvalue weighted by Gasteiger charge is -2.24. The van der Waals surface area contributed by atoms with E-state index in [0.29, 0.717) is 17.1 Å². The maximum absolute atomic E-state index is 12.1. The maximum Gasteiger partial charge on any atom is 0.337 e. The van der Waals surface area contributed by atoms with Gasteiger partial charge in [0.1, 0.15) is 0 Å². The van der Waals surface area contributed by atoms with Crippen molar-refractivity contribution in [2.45, 2.75) is 0 Å². The first-order valence-electron chi connectivity index (χ1n) is 5.98. The Balaban J connectivity index is 2.37. The summed E-state index contributed by atoms with van der Waals surface area (Å²) in [5, 5.41) is 0. The number of allylic oxidation sites excluding steroid dienone is 5. The number of ketones is 1. The van der Waals surface area contributed by atoms with Crippen LogP contribution in [0.4, 0.5) is 0 Å². The van der Waals surface area contributed by atoms with Crippen LogP contribution in [0, 0.1) is 5.82 Å². The van der Waals surface area contributed by atoms with Crippen LogP contribution in [-0.4, -0.2) is 20.0 Å². The molecule has 0 radical (unpaired) electrons. The third kappa shape index (κ3) is 3.71. The average Bonchev–Trinajstić information content (AvgIpc) is 2.50. The first kappa shape index (κ1) is 14.8. The van der Waals surface area contributed by atoms with E-state index < -0.39 is 7.94 Å². The van der Waals surface area contributed by atoms with Crippen molar-refractivity contribution in [3.63, 3.8) is 0 Å². The molecule has 4 nitrogen and oxygen atoms in total. The summed E-state index contributed by atoms with van der Waals surface area (Å²) in [5.74, 6) is 3.95. The second kappa shape index (κ2) is 6.73. The molecule has 0 saturated heterocycles. The van der Waals surface area contributed by atoms with Crippen molar-refractivity contribution in [3.8, 4) is 5.75 Å². The van der Waals surface area contributed by atoms with Crippen molar-refractivity contribution in [1.29, 1.82) is 0 Å². The van der Waals surface area contributed by atoms with Gasteiger partial charge in [0.05, 0.1) is 20.0 Å². The largest absolute Gasteiger partial charge is 0.637 e. The Morgan fingerprint density at radius 2 is 1.70 bits per heavy atom. The molecule has 0 N–H and O–H groups in total. The first-order chi connectivity index (χ1) is 9.67. The molecule has 0 aromatic heterocycles. The zero-order valence-electron chi connectivity index (χ0n) is 11.3. The molecule has 0 atom stereocenters. The summed E-state index contributed by atoms with van der Waals surface area (Å²) in [7, 11) is -0.730. The molecular formula is C15H15O4P. The Bertz CT molecular complexity index is 569. The van der Waals surface area contributed by atoms with Crippen LogP contribution in [0.1, 0.15) is 0 Å². The minimum absolute atomic E-state index is 0.531. The molecule has 1 aliphatic carbocycles. The number of para-hydroxylation sites is 1. The standard InChI is InChI=1S/C15H15O4P/c1-17-20(16,18-2)12-13-8-6-7-11-15(13)19-14-9-4-3-5-10-14/h3-11H,1-2H3. The van der Waals surface area contributed by atoms with Gasteiger partial charge < -0.3 is 4.89 Å². The molecule has 104 valence electrons. The summed E-state index contributed by atoms with van der Waals surface area (Å²) in [4.78, 5) is 12.1. The molecule has 20 heavy (non-hydrogen) atoms. The van der Waals surface area contributed by atoms with Crippen LogP contribution in [0.5, 0.6) is 5.75 Å². The van der Waals surface area contributed by atoms with Gasteiger partial charge in [-0.1, -0.05) is 24.3 Å². The van der Waals surface area contributed by atoms with E-state index in [4.69, 9.17) is 13.5 Å². The second-order valence-corrected chi connectivity index (χ2v) is 5.83. The minimum Gasteiger partial charge on any atom is -0.637 e. The van der Waals surface area contributed by atoms with Crippen LogP contribution in [0.3, 0.4) is 0 Å². The number of rotatable bonds is 4. The summed E-state index contributed by atoms with van der Waals surface area (Å²) in [6.07, 6.45) is 7.14. The van der Waals surface area contributed by atoms with E-state index in [9.17, 15) is 4.89 Å². The summed E-state index contributed by atoms with van der Waals surface area (Å²) >= 11 is 0. The lowest BCUT2D eigenvalue weighted by molar-refractivity contribution is -0.364. The molecule has 5 heteroatoms. The predicted octanol–water partition coefficient (Wildman–Crippen LogP) is 2.73. The summed E-state index contributed by atoms with van der Waals surface area (Å²) in [6, 6.07) is 9.33. The van der Waals surface area contributed by atoms with Gasteiger partial charge in [-0.2, -0.15) is 6.08 Å². The molecule has 0 fully saturated rings. The highest BCUT2D eigenvalue weighted by Gasteiger charge is 2.22. The van der Waals surface area contributed by atoms with Gasteiger partial charge in [-0.15, -0.1) is 6.08 Å². The van der Waals surface area contributed by atoms with E-state index in [1.807, 2.05) is 36.4 Å². The van der Waals surface area contributed by atoms with Crippen LogP contribution in [0.15, 0.2) is 60.2 Å². The molecule has 0 bridgehead atoms. The van der Waals surface area contributed by atoms with E-state index >= 15 is 0 Å². The van der Waals surface area contributed by atoms with Crippen LogP contribution >= 0.6 is 7.94 Å². The van der Waals surface area contributed by atoms with Gasteiger partial charge in [0, 0.05) is 12.1 Å². The Kier molecular flexibility index (Phi) is 4.99. The van der Waals surface area contributed by atoms with Crippen molar-refractivity contribution in [3.05, 3.63) is 66.0 Å². The zero-order chi connectivity index (χ0) is 14.4. The van der Waals surface area contributed by atoms with Gasteiger partial charge in [-0.05, 0) is 11.6 Å². The molecule has 0 spiro atoms. The quantitative estimate of drug-likeness (QED) is 0.371. The SMILES string of the molecule is CO[P+]([O-])([C-]=C1C=CC=CC1=[O+]c1ccccc1)OC. The molecule has 1 aliphatic rings. The lowest BCUT2D eigenvalue weighted by atomic mass is 10.1. The molecule has 0 saturated carbocycles. The fourth-order valence-electron chi connectivity index (χ4n) is 1.58. The summed E-state index contributed by atoms with van der Waals surface area (Å²) in [6.45, 7) is 0. The van der Waals surface area contributed by atoms with E-state index in [1.54, 1.807) is 18.2 Å². The third-order valence-electron chi connectivity index (χ3n) is 2.60. The van der Waals surface area contributed by atoms with E-state index in [-0.39, 0.29) is 0 Å². The van der Waals surface area contributed by atoms with Gasteiger partial charge in [-0.25, -0.2) is 9.05 Å². The fraction of sp³-hybridized carbons (Fsp3) is 0.133. The summed E-state index contributed by atoms with van der Waals surface area (Å²) < 4.78 is 15.5. The second-order valence-electron chi connectivity index (χ2n) is 3.89. The molecule has 0 aliphatic heterocycles. The number of hydrogen-bond acceptors (Lipinski definition) is 3. The van der Waals surface area contributed by atoms with Crippen molar-refractivity contribution in [1.82, 2.24) is 0 Å². The topological polar surface area (TPSA) is 52.8 Å². The molecule has 1 aromatic rings. The predicted molar refractivity (Wildman–Crippen MR) is 76.9 cm³/mol. The van der Waals surface area contributed by atoms with Crippen molar-refractivity contribution in [2.75, 3.05) is 14.2 Å². The van der Waals surface area contributed by atoms with Crippen LogP contribution in [0.2, 0.25) is 0 Å². The van der Waals surface area contributed by atoms with Crippen LogP contribution in [0.25, 0.3) is 0 Å². The van der Waals surface area contributed by atoms with E-state index in [1.165, 1.54) is 14.2 Å². The van der Waals surface area contributed by atoms with E-state index in [0.717, 1.165) is 0 Å². The Morgan fingerprint density at radius 3 is 2.35 bits per heavy atom. The number of benzene rings is 1. The van der Waals surface area contributed by atoms with Gasteiger partial charge >= 0.3 is 5.75 Å². The molecule has 0 unspecified atom stereocenters. The zero-order valence-corrected chi connectivity index (χ0v) is 12.2. The highest BCUT2D eigenvalue weighted by atomic mass is 31.2. The van der Waals surface area contributed by atoms with Gasteiger partial charge in [0.15, 0.2) is 0 Å². The molecule has 2 rings (SSSR count). The number of carbonyl (C=O) groups excluding carboxylic acids is 1. The normalized spacial score (nSPS) is 18.9. The van der Waals surface area contributed by atoms with Crippen molar-refractivity contribution < 1.29 is 18.4 Å². The lowest BCUT2D eigenvalue weighted by Crippen LogP contribution is -2.13. The third-order valence-corrected chi connectivity index (χ3v) is 4.07. The maximum atomic E-state index is 12.1. The Morgan fingerprint density at radius 1 is 1.05 bits per heavy atom. The molecule has 0 amide bonds. The highest BCUT2D eigenvalue weighted by Crippen LogP contribution is 2.52. The van der Waals surface area contributed by atoms with E-state index in [2.05, 4.69) is 5.82 Å². The fourth-order valence-corrected chi connectivity index (χ4v) is 2.39. The average molecular weight is 290 g/mol. The Labute approximate surface area is 118 Å². The van der Waals surface area contributed by atoms with Crippen molar-refractivity contribution >= 4 is 13.7 Å². The van der Waals surface area contributed by atoms with Gasteiger partial charge in [0.25, 0.3) is 5.78 Å². The monoisotopic (exact) mass is 290 g/mol. The Hall–Kier alpha value is -1.58. The molecule has 0 heterocycles. The van der Waals surface area contributed by atoms with Crippen molar-refractivity contribution in [2.24, 2.45) is 0 Å².